The van der Waals surface area contributed by atoms with Gasteiger partial charge in [-0.25, -0.2) is 0 Å². The van der Waals surface area contributed by atoms with Crippen LogP contribution < -0.4 is 10.6 Å². The molecular formula is C17H27N3OS. The van der Waals surface area contributed by atoms with Gasteiger partial charge in [-0.15, -0.1) is 0 Å². The van der Waals surface area contributed by atoms with Crippen molar-refractivity contribution >= 4 is 17.2 Å². The van der Waals surface area contributed by atoms with Gasteiger partial charge in [-0.05, 0) is 80.2 Å². The van der Waals surface area contributed by atoms with E-state index in [1.165, 1.54) is 24.8 Å². The first-order valence-corrected chi connectivity index (χ1v) is 9.35. The van der Waals surface area contributed by atoms with Gasteiger partial charge in [0.1, 0.15) is 0 Å². The van der Waals surface area contributed by atoms with Crippen LogP contribution >= 0.6 is 11.3 Å². The maximum atomic E-state index is 12.7. The van der Waals surface area contributed by atoms with Crippen LogP contribution in [0.15, 0.2) is 16.8 Å². The van der Waals surface area contributed by atoms with Gasteiger partial charge < -0.3 is 15.5 Å². The second-order valence-corrected chi connectivity index (χ2v) is 7.47. The minimum absolute atomic E-state index is 0.335. The molecule has 0 radical (unpaired) electrons. The molecule has 4 nitrogen and oxygen atoms in total. The van der Waals surface area contributed by atoms with Gasteiger partial charge in [-0.2, -0.15) is 11.3 Å². The zero-order valence-electron chi connectivity index (χ0n) is 13.4. The van der Waals surface area contributed by atoms with Gasteiger partial charge in [0.2, 0.25) is 5.91 Å². The van der Waals surface area contributed by atoms with Crippen molar-refractivity contribution in [1.82, 2.24) is 15.5 Å². The molecule has 22 heavy (non-hydrogen) atoms. The quantitative estimate of drug-likeness (QED) is 0.757. The van der Waals surface area contributed by atoms with Gasteiger partial charge in [0.25, 0.3) is 0 Å². The minimum Gasteiger partial charge on any atom is -0.335 e. The third-order valence-corrected chi connectivity index (χ3v) is 5.93. The van der Waals surface area contributed by atoms with E-state index < -0.39 is 0 Å². The second-order valence-electron chi connectivity index (χ2n) is 6.69. The smallest absolute Gasteiger partial charge is 0.223 e. The molecule has 1 aliphatic carbocycles. The Kier molecular flexibility index (Phi) is 5.16. The first-order chi connectivity index (χ1) is 10.7. The summed E-state index contributed by atoms with van der Waals surface area (Å²) in [5.74, 6) is 0.335. The number of nitrogens with one attached hydrogen (secondary N) is 2. The summed E-state index contributed by atoms with van der Waals surface area (Å²) in [6, 6.07) is 2.62. The molecule has 1 spiro atoms. The summed E-state index contributed by atoms with van der Waals surface area (Å²) in [6.45, 7) is 3.92. The fourth-order valence-corrected chi connectivity index (χ4v) is 4.40. The molecule has 2 N–H and O–H groups in total. The lowest BCUT2D eigenvalue weighted by molar-refractivity contribution is -0.133. The molecule has 1 saturated carbocycles. The highest BCUT2D eigenvalue weighted by Gasteiger charge is 2.57. The Morgan fingerprint density at radius 3 is 3.00 bits per heavy atom. The molecule has 0 bridgehead atoms. The molecule has 1 unspecified atom stereocenters. The van der Waals surface area contributed by atoms with Gasteiger partial charge >= 0.3 is 0 Å². The molecule has 5 heteroatoms. The Morgan fingerprint density at radius 2 is 2.32 bits per heavy atom. The summed E-state index contributed by atoms with van der Waals surface area (Å²) in [5.41, 5.74) is 1.70. The lowest BCUT2D eigenvalue weighted by Gasteiger charge is -2.29. The zero-order valence-corrected chi connectivity index (χ0v) is 14.3. The molecule has 1 aromatic rings. The average molecular weight is 321 g/mol. The largest absolute Gasteiger partial charge is 0.335 e. The first kappa shape index (κ1) is 16.0. The van der Waals surface area contributed by atoms with Gasteiger partial charge in [0, 0.05) is 19.0 Å². The van der Waals surface area contributed by atoms with Crippen molar-refractivity contribution in [1.29, 1.82) is 0 Å². The highest BCUT2D eigenvalue weighted by molar-refractivity contribution is 7.07. The van der Waals surface area contributed by atoms with Crippen LogP contribution in [0.3, 0.4) is 0 Å². The molecule has 1 aliphatic heterocycles. The predicted octanol–water partition coefficient (Wildman–Crippen LogP) is 2.22. The zero-order chi connectivity index (χ0) is 15.4. The Labute approximate surface area is 137 Å². The Balaban J connectivity index is 1.65. The third kappa shape index (κ3) is 3.53. The number of rotatable bonds is 7. The molecule has 1 atom stereocenters. The van der Waals surface area contributed by atoms with Crippen LogP contribution in [0.1, 0.15) is 37.7 Å². The van der Waals surface area contributed by atoms with E-state index in [-0.39, 0.29) is 0 Å². The molecule has 1 amide bonds. The lowest BCUT2D eigenvalue weighted by atomic mass is 9.93. The van der Waals surface area contributed by atoms with E-state index in [0.29, 0.717) is 23.8 Å². The van der Waals surface area contributed by atoms with Crippen LogP contribution in [0, 0.1) is 5.41 Å². The van der Waals surface area contributed by atoms with Crippen molar-refractivity contribution < 1.29 is 4.79 Å². The standard InChI is InChI=1S/C17H27N3OS/c1-18-7-2-3-16(21)20(12-14-4-10-22-13-14)15-11-17(15)5-8-19-9-6-17/h4,10,13,15,18-19H,2-3,5-9,11-12H2,1H3. The van der Waals surface area contributed by atoms with Crippen LogP contribution in [0.25, 0.3) is 0 Å². The average Bonchev–Trinajstić information content (AvgIpc) is 2.98. The van der Waals surface area contributed by atoms with E-state index in [9.17, 15) is 4.79 Å². The minimum atomic E-state index is 0.335. The Hall–Kier alpha value is -0.910. The maximum Gasteiger partial charge on any atom is 0.223 e. The van der Waals surface area contributed by atoms with Crippen LogP contribution in [0.2, 0.25) is 0 Å². The number of carbonyl (C=O) groups excluding carboxylic acids is 1. The van der Waals surface area contributed by atoms with Crippen molar-refractivity contribution in [3.63, 3.8) is 0 Å². The lowest BCUT2D eigenvalue weighted by Crippen LogP contribution is -2.39. The normalized spacial score (nSPS) is 22.7. The highest BCUT2D eigenvalue weighted by atomic mass is 32.1. The van der Waals surface area contributed by atoms with Crippen LogP contribution in [0.4, 0.5) is 0 Å². The van der Waals surface area contributed by atoms with Crippen molar-refractivity contribution in [3.8, 4) is 0 Å². The Morgan fingerprint density at radius 1 is 1.50 bits per heavy atom. The number of nitrogens with zero attached hydrogens (tertiary/aromatic N) is 1. The molecule has 2 aliphatic rings. The van der Waals surface area contributed by atoms with E-state index in [0.717, 1.165) is 32.6 Å². The van der Waals surface area contributed by atoms with E-state index in [4.69, 9.17) is 0 Å². The fraction of sp³-hybridized carbons (Fsp3) is 0.706. The number of thiophene rings is 1. The maximum absolute atomic E-state index is 12.7. The van der Waals surface area contributed by atoms with E-state index in [1.54, 1.807) is 11.3 Å². The summed E-state index contributed by atoms with van der Waals surface area (Å²) < 4.78 is 0. The van der Waals surface area contributed by atoms with E-state index in [2.05, 4.69) is 32.4 Å². The molecule has 1 aromatic heterocycles. The molecule has 3 rings (SSSR count). The third-order valence-electron chi connectivity index (χ3n) is 5.19. The molecule has 122 valence electrons. The monoisotopic (exact) mass is 321 g/mol. The first-order valence-electron chi connectivity index (χ1n) is 8.41. The summed E-state index contributed by atoms with van der Waals surface area (Å²) in [6.07, 6.45) is 5.24. The number of piperidine rings is 1. The summed E-state index contributed by atoms with van der Waals surface area (Å²) in [5, 5.41) is 10.9. The number of hydrogen-bond donors (Lipinski definition) is 2. The molecule has 2 fully saturated rings. The predicted molar refractivity (Wildman–Crippen MR) is 91.0 cm³/mol. The van der Waals surface area contributed by atoms with E-state index in [1.807, 2.05) is 7.05 Å². The second kappa shape index (κ2) is 7.11. The van der Waals surface area contributed by atoms with Crippen LogP contribution in [0.5, 0.6) is 0 Å². The number of carbonyl (C=O) groups is 1. The summed E-state index contributed by atoms with van der Waals surface area (Å²) >= 11 is 1.72. The van der Waals surface area contributed by atoms with Crippen molar-refractivity contribution in [2.45, 2.75) is 44.7 Å². The molecular weight excluding hydrogens is 294 g/mol. The SMILES string of the molecule is CNCCCC(=O)N(Cc1ccsc1)C1CC12CCNCC2. The van der Waals surface area contributed by atoms with Crippen molar-refractivity contribution in [2.75, 3.05) is 26.7 Å². The number of amides is 1. The van der Waals surface area contributed by atoms with E-state index >= 15 is 0 Å². The van der Waals surface area contributed by atoms with Gasteiger partial charge in [-0.1, -0.05) is 0 Å². The summed E-state index contributed by atoms with van der Waals surface area (Å²) in [7, 11) is 1.94. The van der Waals surface area contributed by atoms with Gasteiger partial charge in [0.05, 0.1) is 0 Å². The van der Waals surface area contributed by atoms with Crippen molar-refractivity contribution in [3.05, 3.63) is 22.4 Å². The van der Waals surface area contributed by atoms with Crippen LogP contribution in [-0.4, -0.2) is 43.5 Å². The highest BCUT2D eigenvalue weighted by Crippen LogP contribution is 2.56. The molecule has 2 heterocycles. The van der Waals surface area contributed by atoms with Crippen LogP contribution in [-0.2, 0) is 11.3 Å². The van der Waals surface area contributed by atoms with Gasteiger partial charge in [0.15, 0.2) is 0 Å². The summed E-state index contributed by atoms with van der Waals surface area (Å²) in [4.78, 5) is 14.9. The topological polar surface area (TPSA) is 44.4 Å². The molecule has 1 saturated heterocycles. The van der Waals surface area contributed by atoms with Crippen molar-refractivity contribution in [2.24, 2.45) is 5.41 Å². The molecule has 0 aromatic carbocycles. The Bertz CT molecular complexity index is 482. The van der Waals surface area contributed by atoms with Gasteiger partial charge in [-0.3, -0.25) is 4.79 Å². The fourth-order valence-electron chi connectivity index (χ4n) is 3.74. The number of hydrogen-bond acceptors (Lipinski definition) is 4.